The number of ether oxygens (including phenoxy) is 1. The number of nitrogens with zero attached hydrogens (tertiary/aromatic N) is 5. The molecule has 1 aromatic carbocycles. The zero-order valence-corrected chi connectivity index (χ0v) is 21.5. The number of aromatic nitrogens is 4. The summed E-state index contributed by atoms with van der Waals surface area (Å²) in [5.74, 6) is 3.32. The van der Waals surface area contributed by atoms with Gasteiger partial charge in [-0.1, -0.05) is 19.1 Å². The van der Waals surface area contributed by atoms with E-state index < -0.39 is 0 Å². The van der Waals surface area contributed by atoms with Crippen LogP contribution in [-0.2, 0) is 33.0 Å². The van der Waals surface area contributed by atoms with Crippen LogP contribution in [0.4, 0.5) is 0 Å². The van der Waals surface area contributed by atoms with E-state index >= 15 is 0 Å². The Hall–Kier alpha value is -2.21. The van der Waals surface area contributed by atoms with Crippen LogP contribution in [0.3, 0.4) is 0 Å². The zero-order chi connectivity index (χ0) is 21.3. The first-order chi connectivity index (χ1) is 14.6. The van der Waals surface area contributed by atoms with Crippen molar-refractivity contribution in [1.29, 1.82) is 0 Å². The molecule has 8 nitrogen and oxygen atoms in total. The Kier molecular flexibility index (Phi) is 10.2. The van der Waals surface area contributed by atoms with Crippen molar-refractivity contribution in [3.63, 3.8) is 0 Å². The van der Waals surface area contributed by atoms with E-state index in [0.717, 1.165) is 53.3 Å². The third-order valence-corrected chi connectivity index (χ3v) is 5.96. The summed E-state index contributed by atoms with van der Waals surface area (Å²) in [7, 11) is 3.63. The Morgan fingerprint density at radius 1 is 1.19 bits per heavy atom. The number of nitrogens with one attached hydrogen (secondary N) is 2. The van der Waals surface area contributed by atoms with Crippen LogP contribution in [0.5, 0.6) is 5.75 Å². The average Bonchev–Trinajstić information content (AvgIpc) is 3.36. The topological polar surface area (TPSA) is 89.2 Å². The van der Waals surface area contributed by atoms with Crippen LogP contribution in [0.2, 0.25) is 0 Å². The molecular formula is C21H30IN7OS. The Morgan fingerprint density at radius 2 is 1.97 bits per heavy atom. The van der Waals surface area contributed by atoms with Gasteiger partial charge in [0.1, 0.15) is 11.6 Å². The van der Waals surface area contributed by atoms with E-state index in [1.807, 2.05) is 49.0 Å². The van der Waals surface area contributed by atoms with Crippen molar-refractivity contribution < 1.29 is 4.74 Å². The van der Waals surface area contributed by atoms with Gasteiger partial charge in [-0.3, -0.25) is 0 Å². The van der Waals surface area contributed by atoms with Crippen LogP contribution in [-0.4, -0.2) is 39.4 Å². The fraction of sp³-hybridized carbons (Fsp3) is 0.429. The lowest BCUT2D eigenvalue weighted by Gasteiger charge is -2.12. The summed E-state index contributed by atoms with van der Waals surface area (Å²) in [6, 6.07) is 7.94. The van der Waals surface area contributed by atoms with Gasteiger partial charge in [-0.25, -0.2) is 9.98 Å². The van der Waals surface area contributed by atoms with Crippen molar-refractivity contribution in [3.05, 3.63) is 57.6 Å². The first-order valence-corrected chi connectivity index (χ1v) is 10.8. The molecule has 0 aliphatic heterocycles. The molecule has 2 N–H and O–H groups in total. The summed E-state index contributed by atoms with van der Waals surface area (Å²) >= 11 is 1.77. The highest BCUT2D eigenvalue weighted by molar-refractivity contribution is 14.0. The quantitative estimate of drug-likeness (QED) is 0.240. The maximum atomic E-state index is 5.22. The molecule has 0 atom stereocenters. The lowest BCUT2D eigenvalue weighted by Crippen LogP contribution is -2.38. The predicted octanol–water partition coefficient (Wildman–Crippen LogP) is 3.25. The minimum atomic E-state index is 0. The van der Waals surface area contributed by atoms with Gasteiger partial charge in [-0.05, 0) is 31.0 Å². The minimum Gasteiger partial charge on any atom is -0.497 e. The fourth-order valence-corrected chi connectivity index (χ4v) is 3.62. The summed E-state index contributed by atoms with van der Waals surface area (Å²) in [4.78, 5) is 10.5. The first-order valence-electron chi connectivity index (χ1n) is 10.0. The van der Waals surface area contributed by atoms with E-state index in [2.05, 4.69) is 32.7 Å². The molecule has 3 aromatic rings. The molecule has 0 radical (unpaired) electrons. The number of thiazole rings is 1. The van der Waals surface area contributed by atoms with Gasteiger partial charge >= 0.3 is 0 Å². The molecule has 168 valence electrons. The number of hydrogen-bond donors (Lipinski definition) is 2. The molecule has 0 amide bonds. The highest BCUT2D eigenvalue weighted by Crippen LogP contribution is 2.13. The molecule has 2 heterocycles. The van der Waals surface area contributed by atoms with Crippen molar-refractivity contribution in [2.45, 2.75) is 39.8 Å². The number of aliphatic imine (C=N–C) groups is 1. The van der Waals surface area contributed by atoms with Crippen LogP contribution in [0.25, 0.3) is 0 Å². The van der Waals surface area contributed by atoms with Crippen molar-refractivity contribution >= 4 is 41.3 Å². The second kappa shape index (κ2) is 12.6. The summed E-state index contributed by atoms with van der Waals surface area (Å²) in [6.07, 6.45) is 3.85. The summed E-state index contributed by atoms with van der Waals surface area (Å²) in [5, 5.41) is 16.2. The molecule has 0 aliphatic rings. The number of halogens is 1. The fourth-order valence-electron chi connectivity index (χ4n) is 2.76. The van der Waals surface area contributed by atoms with E-state index in [0.29, 0.717) is 13.1 Å². The highest BCUT2D eigenvalue weighted by atomic mass is 127. The molecule has 0 saturated carbocycles. The summed E-state index contributed by atoms with van der Waals surface area (Å²) < 4.78 is 7.19. The van der Waals surface area contributed by atoms with Gasteiger partial charge < -0.3 is 19.9 Å². The van der Waals surface area contributed by atoms with E-state index in [4.69, 9.17) is 9.73 Å². The molecule has 3 rings (SSSR count). The summed E-state index contributed by atoms with van der Waals surface area (Å²) in [5.41, 5.74) is 1.11. The molecule has 0 bridgehead atoms. The van der Waals surface area contributed by atoms with Crippen molar-refractivity contribution in [1.82, 2.24) is 30.4 Å². The molecule has 2 aromatic heterocycles. The van der Waals surface area contributed by atoms with Crippen LogP contribution < -0.4 is 15.4 Å². The van der Waals surface area contributed by atoms with E-state index in [9.17, 15) is 0 Å². The van der Waals surface area contributed by atoms with Crippen LogP contribution in [0.15, 0.2) is 35.5 Å². The molecule has 0 aliphatic carbocycles. The molecule has 0 spiro atoms. The molecular weight excluding hydrogens is 525 g/mol. The average molecular weight is 555 g/mol. The number of methoxy groups -OCH3 is 1. The van der Waals surface area contributed by atoms with Crippen molar-refractivity contribution in [2.24, 2.45) is 12.0 Å². The second-order valence-electron chi connectivity index (χ2n) is 6.84. The lowest BCUT2D eigenvalue weighted by molar-refractivity contribution is 0.414. The zero-order valence-electron chi connectivity index (χ0n) is 18.4. The van der Waals surface area contributed by atoms with Gasteiger partial charge in [-0.15, -0.1) is 45.5 Å². The summed E-state index contributed by atoms with van der Waals surface area (Å²) in [6.45, 7) is 5.95. The normalized spacial score (nSPS) is 11.2. The Bertz CT molecular complexity index is 969. The smallest absolute Gasteiger partial charge is 0.191 e. The monoisotopic (exact) mass is 555 g/mol. The second-order valence-corrected chi connectivity index (χ2v) is 8.04. The van der Waals surface area contributed by atoms with Gasteiger partial charge in [0.15, 0.2) is 11.8 Å². The minimum absolute atomic E-state index is 0. The van der Waals surface area contributed by atoms with Gasteiger partial charge in [0.05, 0.1) is 25.2 Å². The van der Waals surface area contributed by atoms with Crippen LogP contribution in [0.1, 0.15) is 34.0 Å². The third-order valence-electron chi connectivity index (χ3n) is 4.76. The maximum absolute atomic E-state index is 5.22. The van der Waals surface area contributed by atoms with Crippen molar-refractivity contribution in [2.75, 3.05) is 13.7 Å². The maximum Gasteiger partial charge on any atom is 0.191 e. The van der Waals surface area contributed by atoms with E-state index in [1.54, 1.807) is 18.4 Å². The number of rotatable bonds is 9. The standard InChI is InChI=1S/C21H29N7OS.HI/c1-5-18-13-23-20(30-18)10-11-22-21(25-14-19-27-26-15(2)28(19)3)24-12-16-6-8-17(29-4)9-7-16;/h6-9,13H,5,10-12,14H2,1-4H3,(H2,22,24,25);1H. The molecule has 31 heavy (non-hydrogen) atoms. The Morgan fingerprint density at radius 3 is 2.58 bits per heavy atom. The molecule has 0 unspecified atom stereocenters. The number of hydrogen-bond acceptors (Lipinski definition) is 6. The van der Waals surface area contributed by atoms with Gasteiger partial charge in [-0.2, -0.15) is 0 Å². The number of benzene rings is 1. The van der Waals surface area contributed by atoms with Crippen LogP contribution >= 0.6 is 35.3 Å². The highest BCUT2D eigenvalue weighted by Gasteiger charge is 2.07. The third kappa shape index (κ3) is 7.46. The first kappa shape index (κ1) is 25.1. The van der Waals surface area contributed by atoms with E-state index in [1.165, 1.54) is 4.88 Å². The van der Waals surface area contributed by atoms with Gasteiger partial charge in [0.25, 0.3) is 0 Å². The largest absolute Gasteiger partial charge is 0.497 e. The Balaban J connectivity index is 0.00000341. The SMILES string of the molecule is CCc1cnc(CCNC(=NCc2ccc(OC)cc2)NCc2nnc(C)n2C)s1.I. The Labute approximate surface area is 204 Å². The van der Waals surface area contributed by atoms with Crippen LogP contribution in [0, 0.1) is 6.92 Å². The predicted molar refractivity (Wildman–Crippen MR) is 135 cm³/mol. The van der Waals surface area contributed by atoms with E-state index in [-0.39, 0.29) is 24.0 Å². The number of guanidine groups is 1. The molecule has 0 fully saturated rings. The molecule has 0 saturated heterocycles. The van der Waals surface area contributed by atoms with Crippen molar-refractivity contribution in [3.8, 4) is 5.75 Å². The lowest BCUT2D eigenvalue weighted by atomic mass is 10.2. The van der Waals surface area contributed by atoms with Gasteiger partial charge in [0.2, 0.25) is 0 Å². The van der Waals surface area contributed by atoms with Gasteiger partial charge in [0, 0.05) is 31.1 Å². The molecule has 10 heteroatoms. The number of aryl methyl sites for hydroxylation is 2.